The minimum absolute atomic E-state index is 0.0370. The van der Waals surface area contributed by atoms with Crippen molar-refractivity contribution in [2.24, 2.45) is 5.10 Å². The van der Waals surface area contributed by atoms with Crippen LogP contribution in [0.5, 0.6) is 5.75 Å². The molecule has 1 aliphatic heterocycles. The topological polar surface area (TPSA) is 99.8 Å². The van der Waals surface area contributed by atoms with Crippen molar-refractivity contribution >= 4 is 40.6 Å². The van der Waals surface area contributed by atoms with Gasteiger partial charge in [0.1, 0.15) is 10.8 Å². The van der Waals surface area contributed by atoms with Crippen LogP contribution in [0, 0.1) is 0 Å². The molecule has 2 amide bonds. The minimum atomic E-state index is -0.549. The first kappa shape index (κ1) is 24.5. The number of hydrogen-bond donors (Lipinski definition) is 2. The lowest BCUT2D eigenvalue weighted by Crippen LogP contribution is -2.32. The SMILES string of the molecule is O=C(Nc1cc(Cl)c(=O)n(Cc2ccc(Cl)cc2)c1)N1N=C(c2cccnc2)CC1c1ccccc1O. The molecule has 1 atom stereocenters. The third-order valence-corrected chi connectivity index (χ3v) is 6.49. The normalized spacial score (nSPS) is 14.9. The van der Waals surface area contributed by atoms with Crippen molar-refractivity contribution in [3.63, 3.8) is 0 Å². The second-order valence-corrected chi connectivity index (χ2v) is 9.32. The van der Waals surface area contributed by atoms with Gasteiger partial charge in [-0.3, -0.25) is 9.78 Å². The fourth-order valence-corrected chi connectivity index (χ4v) is 4.52. The highest BCUT2D eigenvalue weighted by molar-refractivity contribution is 6.31. The number of benzene rings is 2. The molecule has 1 aliphatic rings. The number of hydrogen-bond acceptors (Lipinski definition) is 5. The van der Waals surface area contributed by atoms with Gasteiger partial charge in [0.05, 0.1) is 24.0 Å². The third kappa shape index (κ3) is 5.35. The number of nitrogens with zero attached hydrogens (tertiary/aromatic N) is 4. The van der Waals surface area contributed by atoms with E-state index in [1.54, 1.807) is 54.9 Å². The highest BCUT2D eigenvalue weighted by Gasteiger charge is 2.35. The highest BCUT2D eigenvalue weighted by atomic mass is 35.5. The molecule has 0 spiro atoms. The summed E-state index contributed by atoms with van der Waals surface area (Å²) in [5.41, 5.74) is 2.77. The average molecular weight is 534 g/mol. The summed E-state index contributed by atoms with van der Waals surface area (Å²) in [5, 5.41) is 19.7. The summed E-state index contributed by atoms with van der Waals surface area (Å²) in [4.78, 5) is 30.2. The number of phenols is 1. The van der Waals surface area contributed by atoms with E-state index in [0.717, 1.165) is 11.1 Å². The zero-order valence-electron chi connectivity index (χ0n) is 19.4. The number of halogens is 2. The molecule has 0 radical (unpaired) electrons. The Morgan fingerprint density at radius 3 is 2.59 bits per heavy atom. The van der Waals surface area contributed by atoms with Crippen molar-refractivity contribution < 1.29 is 9.90 Å². The van der Waals surface area contributed by atoms with E-state index in [1.165, 1.54) is 21.8 Å². The molecule has 186 valence electrons. The van der Waals surface area contributed by atoms with E-state index >= 15 is 0 Å². The fourth-order valence-electron chi connectivity index (χ4n) is 4.17. The predicted octanol–water partition coefficient (Wildman–Crippen LogP) is 5.69. The number of phenolic OH excluding ortho intramolecular Hbond substituents is 1. The Hall–Kier alpha value is -4.14. The summed E-state index contributed by atoms with van der Waals surface area (Å²) >= 11 is 12.2. The monoisotopic (exact) mass is 533 g/mol. The van der Waals surface area contributed by atoms with Crippen LogP contribution in [0.3, 0.4) is 0 Å². The molecule has 3 heterocycles. The van der Waals surface area contributed by atoms with Crippen LogP contribution in [0.25, 0.3) is 0 Å². The lowest BCUT2D eigenvalue weighted by Gasteiger charge is -2.23. The average Bonchev–Trinajstić information content (AvgIpc) is 3.34. The van der Waals surface area contributed by atoms with Gasteiger partial charge < -0.3 is 15.0 Å². The third-order valence-electron chi connectivity index (χ3n) is 5.97. The standard InChI is InChI=1S/C27H21Cl2N5O3/c28-19-9-7-17(8-10-19)15-33-16-20(12-22(29)26(33)36)31-27(37)34-24(21-5-1-2-6-25(21)35)13-23(32-34)18-4-3-11-30-14-18/h1-12,14,16,24,35H,13,15H2,(H,31,37). The summed E-state index contributed by atoms with van der Waals surface area (Å²) in [6.45, 7) is 0.243. The van der Waals surface area contributed by atoms with Gasteiger partial charge in [-0.25, -0.2) is 9.80 Å². The lowest BCUT2D eigenvalue weighted by atomic mass is 9.98. The zero-order valence-corrected chi connectivity index (χ0v) is 20.9. The maximum absolute atomic E-state index is 13.5. The van der Waals surface area contributed by atoms with Crippen LogP contribution in [0.15, 0.2) is 95.2 Å². The number of anilines is 1. The lowest BCUT2D eigenvalue weighted by molar-refractivity contribution is 0.199. The number of amides is 2. The van der Waals surface area contributed by atoms with Gasteiger partial charge in [0, 0.05) is 41.2 Å². The van der Waals surface area contributed by atoms with Crippen LogP contribution in [0.4, 0.5) is 10.5 Å². The van der Waals surface area contributed by atoms with Gasteiger partial charge in [0.15, 0.2) is 0 Å². The predicted molar refractivity (Wildman–Crippen MR) is 143 cm³/mol. The quantitative estimate of drug-likeness (QED) is 0.344. The van der Waals surface area contributed by atoms with Gasteiger partial charge in [-0.2, -0.15) is 5.10 Å². The van der Waals surface area contributed by atoms with Crippen molar-refractivity contribution in [1.82, 2.24) is 14.6 Å². The smallest absolute Gasteiger partial charge is 0.342 e. The van der Waals surface area contributed by atoms with E-state index in [1.807, 2.05) is 18.2 Å². The number of aromatic hydroxyl groups is 1. The summed E-state index contributed by atoms with van der Waals surface area (Å²) in [5.74, 6) is 0.0625. The van der Waals surface area contributed by atoms with Gasteiger partial charge in [0.2, 0.25) is 0 Å². The molecule has 10 heteroatoms. The number of urea groups is 1. The van der Waals surface area contributed by atoms with E-state index in [9.17, 15) is 14.7 Å². The van der Waals surface area contributed by atoms with Crippen molar-refractivity contribution in [2.75, 3.05) is 5.32 Å². The number of para-hydroxylation sites is 1. The molecule has 0 fully saturated rings. The summed E-state index contributed by atoms with van der Waals surface area (Å²) < 4.78 is 1.41. The Balaban J connectivity index is 1.45. The van der Waals surface area contributed by atoms with E-state index in [2.05, 4.69) is 15.4 Å². The van der Waals surface area contributed by atoms with Crippen molar-refractivity contribution in [3.8, 4) is 5.75 Å². The molecule has 2 aromatic carbocycles. The van der Waals surface area contributed by atoms with Crippen LogP contribution in [0.1, 0.15) is 29.2 Å². The second-order valence-electron chi connectivity index (χ2n) is 8.48. The zero-order chi connectivity index (χ0) is 25.9. The Labute approximate surface area is 222 Å². The molecule has 8 nitrogen and oxygen atoms in total. The number of nitrogens with one attached hydrogen (secondary N) is 1. The first-order valence-corrected chi connectivity index (χ1v) is 12.1. The van der Waals surface area contributed by atoms with Gasteiger partial charge >= 0.3 is 6.03 Å². The van der Waals surface area contributed by atoms with Crippen LogP contribution in [-0.2, 0) is 6.54 Å². The van der Waals surface area contributed by atoms with Crippen molar-refractivity contribution in [2.45, 2.75) is 19.0 Å². The molecule has 2 aromatic heterocycles. The number of rotatable bonds is 5. The molecule has 4 aromatic rings. The Bertz CT molecular complexity index is 1540. The summed E-state index contributed by atoms with van der Waals surface area (Å²) in [6.07, 6.45) is 5.24. The number of carbonyl (C=O) groups is 1. The van der Waals surface area contributed by atoms with Gasteiger partial charge in [-0.15, -0.1) is 0 Å². The van der Waals surface area contributed by atoms with Gasteiger partial charge in [-0.1, -0.05) is 59.6 Å². The minimum Gasteiger partial charge on any atom is -0.508 e. The highest BCUT2D eigenvalue weighted by Crippen LogP contribution is 2.37. The fraction of sp³-hybridized carbons (Fsp3) is 0.111. The van der Waals surface area contributed by atoms with Crippen molar-refractivity contribution in [3.05, 3.63) is 122 Å². The van der Waals surface area contributed by atoms with Crippen LogP contribution >= 0.6 is 23.2 Å². The van der Waals surface area contributed by atoms with Gasteiger partial charge in [0.25, 0.3) is 5.56 Å². The van der Waals surface area contributed by atoms with E-state index < -0.39 is 12.1 Å². The molecule has 1 unspecified atom stereocenters. The number of pyridine rings is 2. The molecule has 37 heavy (non-hydrogen) atoms. The maximum Gasteiger partial charge on any atom is 0.342 e. The van der Waals surface area contributed by atoms with E-state index in [-0.39, 0.29) is 22.9 Å². The Morgan fingerprint density at radius 2 is 1.86 bits per heavy atom. The van der Waals surface area contributed by atoms with Gasteiger partial charge in [-0.05, 0) is 35.9 Å². The maximum atomic E-state index is 13.5. The number of carbonyl (C=O) groups excluding carboxylic acids is 1. The van der Waals surface area contributed by atoms with E-state index in [0.29, 0.717) is 28.4 Å². The molecular weight excluding hydrogens is 513 g/mol. The molecule has 0 saturated heterocycles. The van der Waals surface area contributed by atoms with Crippen LogP contribution < -0.4 is 10.9 Å². The Kier molecular flexibility index (Phi) is 6.94. The van der Waals surface area contributed by atoms with Crippen LogP contribution in [-0.4, -0.2) is 31.4 Å². The molecular formula is C27H21Cl2N5O3. The summed E-state index contributed by atoms with van der Waals surface area (Å²) in [7, 11) is 0. The molecule has 0 bridgehead atoms. The van der Waals surface area contributed by atoms with E-state index in [4.69, 9.17) is 23.2 Å². The number of hydrazone groups is 1. The largest absolute Gasteiger partial charge is 0.508 e. The molecule has 0 aliphatic carbocycles. The first-order chi connectivity index (χ1) is 17.9. The van der Waals surface area contributed by atoms with Crippen LogP contribution in [0.2, 0.25) is 10.0 Å². The molecule has 5 rings (SSSR count). The molecule has 0 saturated carbocycles. The number of aromatic nitrogens is 2. The van der Waals surface area contributed by atoms with Crippen molar-refractivity contribution in [1.29, 1.82) is 0 Å². The summed E-state index contributed by atoms with van der Waals surface area (Å²) in [6, 6.07) is 17.9. The Morgan fingerprint density at radius 1 is 1.08 bits per heavy atom. The second kappa shape index (κ2) is 10.5. The molecule has 2 N–H and O–H groups in total. The first-order valence-electron chi connectivity index (χ1n) is 11.4.